The van der Waals surface area contributed by atoms with Crippen molar-refractivity contribution in [3.63, 3.8) is 0 Å². The summed E-state index contributed by atoms with van der Waals surface area (Å²) in [6.07, 6.45) is -2.91. The lowest BCUT2D eigenvalue weighted by atomic mass is 10.1. The monoisotopic (exact) mass is 392 g/mol. The Morgan fingerprint density at radius 3 is 2.62 bits per heavy atom. The second kappa shape index (κ2) is 7.85. The van der Waals surface area contributed by atoms with Crippen LogP contribution >= 0.6 is 0 Å². The maximum atomic E-state index is 14.4. The van der Waals surface area contributed by atoms with Crippen molar-refractivity contribution >= 4 is 15.9 Å². The minimum Gasteiger partial charge on any atom is -0.425 e. The van der Waals surface area contributed by atoms with E-state index in [2.05, 4.69) is 9.46 Å². The first kappa shape index (κ1) is 20.5. The first-order valence-corrected chi connectivity index (χ1v) is 9.84. The number of para-hydroxylation sites is 1. The van der Waals surface area contributed by atoms with Crippen molar-refractivity contribution in [3.8, 4) is 5.75 Å². The zero-order chi connectivity index (χ0) is 19.5. The number of carbonyl (C=O) groups is 1. The van der Waals surface area contributed by atoms with Gasteiger partial charge < -0.3 is 14.4 Å². The van der Waals surface area contributed by atoms with Crippen LogP contribution < -0.4 is 9.46 Å². The zero-order valence-electron chi connectivity index (χ0n) is 14.7. The van der Waals surface area contributed by atoms with Gasteiger partial charge in [-0.05, 0) is 25.0 Å². The number of methoxy groups -OCH3 is 1. The van der Waals surface area contributed by atoms with Crippen LogP contribution in [0.25, 0.3) is 0 Å². The summed E-state index contributed by atoms with van der Waals surface area (Å²) in [6, 6.07) is 4.57. The number of aryl methyl sites for hydroxylation is 1. The molecule has 0 bridgehead atoms. The summed E-state index contributed by atoms with van der Waals surface area (Å²) in [5.74, 6) is -1.63. The average molecular weight is 392 g/mol. The number of hydrogen-bond donors (Lipinski definition) is 1. The maximum Gasteiger partial charge on any atom is 0.482 e. The van der Waals surface area contributed by atoms with Crippen molar-refractivity contribution in [1.82, 2.24) is 9.62 Å². The van der Waals surface area contributed by atoms with Gasteiger partial charge in [0.05, 0.1) is 18.9 Å². The fraction of sp³-hybridized carbons (Fsp3) is 0.562. The van der Waals surface area contributed by atoms with Crippen LogP contribution in [0.1, 0.15) is 12.0 Å². The average Bonchev–Trinajstić information content (AvgIpc) is 2.90. The SMILES string of the molecule is COC[C@H]1[C@@H](NS(C)(=O)=O)CCN1C(=O)C(F)(F)Oc1ccccc1C. The molecule has 10 heteroatoms. The highest BCUT2D eigenvalue weighted by Crippen LogP contribution is 2.29. The van der Waals surface area contributed by atoms with E-state index in [4.69, 9.17) is 4.74 Å². The van der Waals surface area contributed by atoms with Crippen LogP contribution in [0.4, 0.5) is 8.78 Å². The van der Waals surface area contributed by atoms with Gasteiger partial charge in [0.25, 0.3) is 0 Å². The minimum atomic E-state index is -4.09. The second-order valence-corrected chi connectivity index (χ2v) is 7.97. The second-order valence-electron chi connectivity index (χ2n) is 6.19. The largest absolute Gasteiger partial charge is 0.482 e. The third kappa shape index (κ3) is 4.89. The molecule has 1 aliphatic heterocycles. The maximum absolute atomic E-state index is 14.4. The molecule has 2 rings (SSSR count). The highest BCUT2D eigenvalue weighted by molar-refractivity contribution is 7.88. The van der Waals surface area contributed by atoms with Crippen LogP contribution in [0.2, 0.25) is 0 Å². The molecule has 0 saturated carbocycles. The van der Waals surface area contributed by atoms with Crippen molar-refractivity contribution in [3.05, 3.63) is 29.8 Å². The molecule has 26 heavy (non-hydrogen) atoms. The van der Waals surface area contributed by atoms with Crippen LogP contribution in [-0.4, -0.2) is 63.9 Å². The number of halogens is 2. The Morgan fingerprint density at radius 1 is 1.38 bits per heavy atom. The summed E-state index contributed by atoms with van der Waals surface area (Å²) in [5.41, 5.74) is 0.464. The van der Waals surface area contributed by atoms with Crippen molar-refractivity contribution in [2.75, 3.05) is 26.5 Å². The van der Waals surface area contributed by atoms with Crippen LogP contribution in [0.15, 0.2) is 24.3 Å². The number of benzene rings is 1. The minimum absolute atomic E-state index is 0.0350. The van der Waals surface area contributed by atoms with E-state index in [1.165, 1.54) is 19.2 Å². The number of alkyl halides is 2. The van der Waals surface area contributed by atoms with Crippen molar-refractivity contribution in [2.45, 2.75) is 31.5 Å². The van der Waals surface area contributed by atoms with E-state index in [1.807, 2.05) is 0 Å². The molecule has 0 radical (unpaired) electrons. The molecule has 1 aromatic rings. The number of likely N-dealkylation sites (tertiary alicyclic amines) is 1. The fourth-order valence-electron chi connectivity index (χ4n) is 2.91. The number of sulfonamides is 1. The quantitative estimate of drug-likeness (QED) is 0.752. The molecule has 1 amide bonds. The third-order valence-corrected chi connectivity index (χ3v) is 4.82. The number of ether oxygens (including phenoxy) is 2. The van der Waals surface area contributed by atoms with Crippen molar-refractivity contribution in [2.24, 2.45) is 0 Å². The van der Waals surface area contributed by atoms with Gasteiger partial charge in [0, 0.05) is 19.7 Å². The third-order valence-electron chi connectivity index (χ3n) is 4.09. The number of nitrogens with zero attached hydrogens (tertiary/aromatic N) is 1. The molecule has 1 aliphatic rings. The molecule has 1 saturated heterocycles. The summed E-state index contributed by atoms with van der Waals surface area (Å²) >= 11 is 0. The molecular formula is C16H22F2N2O5S. The molecule has 0 spiro atoms. The number of nitrogens with one attached hydrogen (secondary N) is 1. The Bertz CT molecular complexity index is 757. The first-order valence-electron chi connectivity index (χ1n) is 7.95. The molecule has 0 aliphatic carbocycles. The summed E-state index contributed by atoms with van der Waals surface area (Å²) < 4.78 is 63.8. The van der Waals surface area contributed by atoms with Gasteiger partial charge in [-0.2, -0.15) is 8.78 Å². The van der Waals surface area contributed by atoms with E-state index in [1.54, 1.807) is 19.1 Å². The molecule has 146 valence electrons. The summed E-state index contributed by atoms with van der Waals surface area (Å²) in [7, 11) is -2.21. The summed E-state index contributed by atoms with van der Waals surface area (Å²) in [4.78, 5) is 13.3. The zero-order valence-corrected chi connectivity index (χ0v) is 15.6. The number of amides is 1. The Hall–Kier alpha value is -1.78. The van der Waals surface area contributed by atoms with Crippen molar-refractivity contribution in [1.29, 1.82) is 0 Å². The van der Waals surface area contributed by atoms with Gasteiger partial charge in [-0.15, -0.1) is 0 Å². The van der Waals surface area contributed by atoms with Gasteiger partial charge in [-0.25, -0.2) is 13.1 Å². The number of hydrogen-bond acceptors (Lipinski definition) is 5. The highest BCUT2D eigenvalue weighted by Gasteiger charge is 2.51. The standard InChI is InChI=1S/C16H22F2N2O5S/c1-11-6-4-5-7-14(11)25-16(17,18)15(21)20-9-8-12(13(20)10-24-2)19-26(3,22)23/h4-7,12-13,19H,8-10H2,1-3H3/t12-,13-/m0/s1. The molecule has 0 aromatic heterocycles. The molecule has 1 N–H and O–H groups in total. The van der Waals surface area contributed by atoms with Crippen molar-refractivity contribution < 1.29 is 31.5 Å². The summed E-state index contributed by atoms with van der Waals surface area (Å²) in [6.45, 7) is 1.47. The van der Waals surface area contributed by atoms with E-state index >= 15 is 0 Å². The van der Waals surface area contributed by atoms with Gasteiger partial charge in [0.15, 0.2) is 0 Å². The topological polar surface area (TPSA) is 84.9 Å². The van der Waals surface area contributed by atoms with Gasteiger partial charge >= 0.3 is 12.0 Å². The van der Waals surface area contributed by atoms with Gasteiger partial charge in [0.2, 0.25) is 10.0 Å². The normalized spacial score (nSPS) is 21.0. The van der Waals surface area contributed by atoms with E-state index in [0.717, 1.165) is 11.2 Å². The lowest BCUT2D eigenvalue weighted by Gasteiger charge is -2.30. The number of rotatable bonds is 7. The van der Waals surface area contributed by atoms with Gasteiger partial charge in [-0.3, -0.25) is 4.79 Å². The molecule has 1 aromatic carbocycles. The fourth-order valence-corrected chi connectivity index (χ4v) is 3.74. The first-order chi connectivity index (χ1) is 12.0. The highest BCUT2D eigenvalue weighted by atomic mass is 32.2. The lowest BCUT2D eigenvalue weighted by Crippen LogP contribution is -2.54. The molecule has 0 unspecified atom stereocenters. The van der Waals surface area contributed by atoms with E-state index < -0.39 is 34.1 Å². The van der Waals surface area contributed by atoms with Crippen LogP contribution in [0, 0.1) is 6.92 Å². The smallest absolute Gasteiger partial charge is 0.425 e. The Labute approximate surface area is 151 Å². The van der Waals surface area contributed by atoms with Crippen LogP contribution in [-0.2, 0) is 19.6 Å². The van der Waals surface area contributed by atoms with E-state index in [0.29, 0.717) is 5.56 Å². The molecule has 7 nitrogen and oxygen atoms in total. The van der Waals surface area contributed by atoms with Gasteiger partial charge in [-0.1, -0.05) is 18.2 Å². The Morgan fingerprint density at radius 2 is 2.04 bits per heavy atom. The van der Waals surface area contributed by atoms with Crippen LogP contribution in [0.3, 0.4) is 0 Å². The van der Waals surface area contributed by atoms with E-state index in [-0.39, 0.29) is 25.3 Å². The molecule has 2 atom stereocenters. The lowest BCUT2D eigenvalue weighted by molar-refractivity contribution is -0.205. The Kier molecular flexibility index (Phi) is 6.20. The van der Waals surface area contributed by atoms with E-state index in [9.17, 15) is 22.0 Å². The molecule has 1 fully saturated rings. The summed E-state index contributed by atoms with van der Waals surface area (Å²) in [5, 5.41) is 0. The van der Waals surface area contributed by atoms with Crippen LogP contribution in [0.5, 0.6) is 5.75 Å². The predicted molar refractivity (Wildman–Crippen MR) is 90.5 cm³/mol. The van der Waals surface area contributed by atoms with Gasteiger partial charge in [0.1, 0.15) is 5.75 Å². The predicted octanol–water partition coefficient (Wildman–Crippen LogP) is 1.13. The Balaban J connectivity index is 2.19. The molecule has 1 heterocycles. The molecular weight excluding hydrogens is 370 g/mol. The number of carbonyl (C=O) groups excluding carboxylic acids is 1.